The van der Waals surface area contributed by atoms with E-state index < -0.39 is 0 Å². The lowest BCUT2D eigenvalue weighted by Gasteiger charge is -2.09. The van der Waals surface area contributed by atoms with Crippen LogP contribution >= 0.6 is 0 Å². The first-order valence-electron chi connectivity index (χ1n) is 6.56. The van der Waals surface area contributed by atoms with Crippen LogP contribution in [0.5, 0.6) is 0 Å². The van der Waals surface area contributed by atoms with Crippen molar-refractivity contribution in [1.29, 1.82) is 0 Å². The second kappa shape index (κ2) is 6.03. The van der Waals surface area contributed by atoms with Crippen molar-refractivity contribution in [1.82, 2.24) is 4.57 Å². The molecule has 1 aromatic heterocycles. The Bertz CT molecular complexity index is 502. The Labute approximate surface area is 109 Å². The highest BCUT2D eigenvalue weighted by atomic mass is 16.5. The lowest BCUT2D eigenvalue weighted by molar-refractivity contribution is 0.104. The summed E-state index contributed by atoms with van der Waals surface area (Å²) >= 11 is 0. The van der Waals surface area contributed by atoms with Crippen LogP contribution in [0.1, 0.15) is 19.4 Å². The van der Waals surface area contributed by atoms with Gasteiger partial charge in [-0.05, 0) is 29.0 Å². The van der Waals surface area contributed by atoms with E-state index in [0.29, 0.717) is 12.5 Å². The van der Waals surface area contributed by atoms with Gasteiger partial charge >= 0.3 is 0 Å². The van der Waals surface area contributed by atoms with Crippen LogP contribution in [0.4, 0.5) is 0 Å². The summed E-state index contributed by atoms with van der Waals surface area (Å²) in [6, 6.07) is 8.51. The maximum absolute atomic E-state index is 5.68. The first kappa shape index (κ1) is 13.1. The third kappa shape index (κ3) is 3.12. The minimum atomic E-state index is 0.588. The number of ether oxygens (including phenoxy) is 1. The predicted molar refractivity (Wildman–Crippen MR) is 75.5 cm³/mol. The van der Waals surface area contributed by atoms with Crippen LogP contribution in [0.15, 0.2) is 30.5 Å². The van der Waals surface area contributed by atoms with Crippen molar-refractivity contribution >= 4 is 10.9 Å². The molecular weight excluding hydrogens is 224 g/mol. The molecule has 0 spiro atoms. The molecule has 0 aliphatic heterocycles. The van der Waals surface area contributed by atoms with Gasteiger partial charge in [-0.3, -0.25) is 0 Å². The Balaban J connectivity index is 2.04. The molecule has 98 valence electrons. The van der Waals surface area contributed by atoms with E-state index >= 15 is 0 Å². The van der Waals surface area contributed by atoms with Crippen LogP contribution < -0.4 is 5.73 Å². The molecule has 18 heavy (non-hydrogen) atoms. The van der Waals surface area contributed by atoms with Gasteiger partial charge in [0.15, 0.2) is 0 Å². The van der Waals surface area contributed by atoms with Gasteiger partial charge < -0.3 is 15.0 Å². The second-order valence-electron chi connectivity index (χ2n) is 5.08. The van der Waals surface area contributed by atoms with Gasteiger partial charge in [-0.15, -0.1) is 0 Å². The lowest BCUT2D eigenvalue weighted by Crippen LogP contribution is -2.09. The molecule has 0 bridgehead atoms. The van der Waals surface area contributed by atoms with Crippen LogP contribution in [-0.2, 0) is 17.8 Å². The van der Waals surface area contributed by atoms with Gasteiger partial charge in [-0.2, -0.15) is 0 Å². The molecule has 2 aromatic rings. The molecule has 0 aliphatic carbocycles. The highest BCUT2D eigenvalue weighted by molar-refractivity contribution is 5.80. The average Bonchev–Trinajstić information content (AvgIpc) is 2.76. The zero-order valence-corrected chi connectivity index (χ0v) is 11.2. The van der Waals surface area contributed by atoms with Crippen LogP contribution in [0.25, 0.3) is 10.9 Å². The maximum atomic E-state index is 5.68. The molecule has 0 fully saturated rings. The average molecular weight is 246 g/mol. The molecule has 0 saturated carbocycles. The molecule has 0 unspecified atom stereocenters. The molecule has 1 aromatic carbocycles. The maximum Gasteiger partial charge on any atom is 0.0645 e. The quantitative estimate of drug-likeness (QED) is 0.796. The van der Waals surface area contributed by atoms with Crippen LogP contribution in [0, 0.1) is 5.92 Å². The van der Waals surface area contributed by atoms with Crippen molar-refractivity contribution in [3.05, 3.63) is 36.0 Å². The van der Waals surface area contributed by atoms with Crippen LogP contribution in [-0.4, -0.2) is 17.8 Å². The molecule has 2 N–H and O–H groups in total. The van der Waals surface area contributed by atoms with Crippen molar-refractivity contribution < 1.29 is 4.74 Å². The predicted octanol–water partition coefficient (Wildman–Crippen LogP) is 2.77. The van der Waals surface area contributed by atoms with Crippen LogP contribution in [0.3, 0.4) is 0 Å². The van der Waals surface area contributed by atoms with E-state index in [-0.39, 0.29) is 0 Å². The summed E-state index contributed by atoms with van der Waals surface area (Å²) < 4.78 is 7.86. The third-order valence-corrected chi connectivity index (χ3v) is 3.00. The fourth-order valence-corrected chi connectivity index (χ4v) is 2.03. The third-order valence-electron chi connectivity index (χ3n) is 3.00. The van der Waals surface area contributed by atoms with E-state index in [1.165, 1.54) is 16.5 Å². The van der Waals surface area contributed by atoms with Crippen molar-refractivity contribution in [3.63, 3.8) is 0 Å². The van der Waals surface area contributed by atoms with E-state index in [2.05, 4.69) is 48.9 Å². The summed E-state index contributed by atoms with van der Waals surface area (Å²) in [5.74, 6) is 0.593. The van der Waals surface area contributed by atoms with Gasteiger partial charge in [0.1, 0.15) is 0 Å². The van der Waals surface area contributed by atoms with E-state index in [1.54, 1.807) is 0 Å². The molecule has 0 atom stereocenters. The number of aromatic nitrogens is 1. The molecule has 1 heterocycles. The van der Waals surface area contributed by atoms with Gasteiger partial charge in [0.25, 0.3) is 0 Å². The van der Waals surface area contributed by atoms with Gasteiger partial charge in [0.2, 0.25) is 0 Å². The highest BCUT2D eigenvalue weighted by Gasteiger charge is 2.02. The Hall–Kier alpha value is -1.32. The first-order valence-corrected chi connectivity index (χ1v) is 6.56. The summed E-state index contributed by atoms with van der Waals surface area (Å²) in [4.78, 5) is 0. The molecular formula is C15H22N2O. The highest BCUT2D eigenvalue weighted by Crippen LogP contribution is 2.17. The monoisotopic (exact) mass is 246 g/mol. The van der Waals surface area contributed by atoms with Crippen molar-refractivity contribution in [2.45, 2.75) is 26.9 Å². The number of nitrogens with zero attached hydrogens (tertiary/aromatic N) is 1. The van der Waals surface area contributed by atoms with E-state index in [4.69, 9.17) is 10.5 Å². The minimum absolute atomic E-state index is 0.588. The first-order chi connectivity index (χ1) is 8.70. The standard InChI is InChI=1S/C15H22N2O/c1-12(2)11-18-8-7-17-6-5-14-4-3-13(10-16)9-15(14)17/h3-6,9,12H,7-8,10-11,16H2,1-2H3. The molecule has 2 rings (SSSR count). The molecule has 0 radical (unpaired) electrons. The lowest BCUT2D eigenvalue weighted by atomic mass is 10.1. The van der Waals surface area contributed by atoms with E-state index in [1.807, 2.05) is 0 Å². The minimum Gasteiger partial charge on any atom is -0.379 e. The Morgan fingerprint density at radius 2 is 2.11 bits per heavy atom. The second-order valence-corrected chi connectivity index (χ2v) is 5.08. The van der Waals surface area contributed by atoms with Gasteiger partial charge in [0, 0.05) is 31.4 Å². The Kier molecular flexibility index (Phi) is 4.39. The number of rotatable bonds is 6. The summed E-state index contributed by atoms with van der Waals surface area (Å²) in [5.41, 5.74) is 8.09. The fourth-order valence-electron chi connectivity index (χ4n) is 2.03. The smallest absolute Gasteiger partial charge is 0.0645 e. The number of hydrogen-bond acceptors (Lipinski definition) is 2. The van der Waals surface area contributed by atoms with Gasteiger partial charge in [-0.25, -0.2) is 0 Å². The zero-order valence-electron chi connectivity index (χ0n) is 11.2. The van der Waals surface area contributed by atoms with Crippen molar-refractivity contribution in [3.8, 4) is 0 Å². The van der Waals surface area contributed by atoms with E-state index in [9.17, 15) is 0 Å². The Morgan fingerprint density at radius 1 is 1.28 bits per heavy atom. The molecule has 3 heteroatoms. The Morgan fingerprint density at radius 3 is 2.83 bits per heavy atom. The molecule has 0 aliphatic rings. The number of fused-ring (bicyclic) bond motifs is 1. The molecule has 3 nitrogen and oxygen atoms in total. The SMILES string of the molecule is CC(C)COCCn1ccc2ccc(CN)cc21. The van der Waals surface area contributed by atoms with Crippen LogP contribution in [0.2, 0.25) is 0 Å². The number of hydrogen-bond donors (Lipinski definition) is 1. The zero-order chi connectivity index (χ0) is 13.0. The number of benzene rings is 1. The summed E-state index contributed by atoms with van der Waals surface area (Å²) in [6.07, 6.45) is 2.11. The summed E-state index contributed by atoms with van der Waals surface area (Å²) in [6.45, 7) is 7.40. The molecule has 0 saturated heterocycles. The van der Waals surface area contributed by atoms with Crippen molar-refractivity contribution in [2.24, 2.45) is 11.7 Å². The van der Waals surface area contributed by atoms with Gasteiger partial charge in [-0.1, -0.05) is 26.0 Å². The largest absolute Gasteiger partial charge is 0.379 e. The summed E-state index contributed by atoms with van der Waals surface area (Å²) in [7, 11) is 0. The number of nitrogens with two attached hydrogens (primary N) is 1. The fraction of sp³-hybridized carbons (Fsp3) is 0.467. The van der Waals surface area contributed by atoms with E-state index in [0.717, 1.165) is 19.8 Å². The summed E-state index contributed by atoms with van der Waals surface area (Å²) in [5, 5.41) is 1.26. The van der Waals surface area contributed by atoms with Gasteiger partial charge in [0.05, 0.1) is 6.61 Å². The molecule has 0 amide bonds. The van der Waals surface area contributed by atoms with Crippen molar-refractivity contribution in [2.75, 3.05) is 13.2 Å². The normalized spacial score (nSPS) is 11.6. The topological polar surface area (TPSA) is 40.2 Å².